The van der Waals surface area contributed by atoms with Crippen LogP contribution in [0.1, 0.15) is 85.0 Å². The lowest BCUT2D eigenvalue weighted by molar-refractivity contribution is -0.145. The van der Waals surface area contributed by atoms with Crippen molar-refractivity contribution in [1.82, 2.24) is 4.90 Å². The average Bonchev–Trinajstić information content (AvgIpc) is 3.09. The summed E-state index contributed by atoms with van der Waals surface area (Å²) in [6, 6.07) is -0.0123. The van der Waals surface area contributed by atoms with Crippen molar-refractivity contribution in [2.24, 2.45) is 28.8 Å². The summed E-state index contributed by atoms with van der Waals surface area (Å²) in [6.45, 7) is 6.61. The summed E-state index contributed by atoms with van der Waals surface area (Å²) in [5, 5.41) is 26.0. The van der Waals surface area contributed by atoms with Crippen LogP contribution in [0.5, 0.6) is 0 Å². The zero-order chi connectivity index (χ0) is 25.1. The second-order valence-corrected chi connectivity index (χ2v) is 11.2. The third kappa shape index (κ3) is 5.56. The number of amides is 2. The molecular formula is C28H42N2O5. The topological polar surface area (TPSA) is 99.4 Å². The smallest absolute Gasteiger partial charge is 0.233 e. The summed E-state index contributed by atoms with van der Waals surface area (Å²) >= 11 is 0. The highest BCUT2D eigenvalue weighted by Gasteiger charge is 2.60. The maximum absolute atomic E-state index is 13.6. The van der Waals surface area contributed by atoms with Gasteiger partial charge in [0.1, 0.15) is 6.61 Å². The van der Waals surface area contributed by atoms with Crippen molar-refractivity contribution in [2.45, 2.75) is 103 Å². The number of rotatable bonds is 7. The van der Waals surface area contributed by atoms with Crippen LogP contribution in [0.2, 0.25) is 0 Å². The first-order valence-corrected chi connectivity index (χ1v) is 13.5. The fraction of sp³-hybridized carbons (Fsp3) is 0.750. The maximum Gasteiger partial charge on any atom is 0.233 e. The molecule has 3 saturated carbocycles. The van der Waals surface area contributed by atoms with E-state index in [1.54, 1.807) is 0 Å². The van der Waals surface area contributed by atoms with E-state index in [1.165, 1.54) is 16.0 Å². The molecule has 1 saturated heterocycles. The third-order valence-corrected chi connectivity index (χ3v) is 8.53. The Bertz CT molecular complexity index is 884. The van der Waals surface area contributed by atoms with E-state index in [1.807, 2.05) is 6.08 Å². The molecule has 1 aliphatic heterocycles. The van der Waals surface area contributed by atoms with Crippen LogP contribution in [0.4, 0.5) is 0 Å². The van der Waals surface area contributed by atoms with E-state index < -0.39 is 24.0 Å². The number of likely N-dealkylation sites (tertiary alicyclic amines) is 1. The molecule has 6 atom stereocenters. The van der Waals surface area contributed by atoms with Crippen LogP contribution in [-0.4, -0.2) is 57.5 Å². The van der Waals surface area contributed by atoms with Crippen LogP contribution < -0.4 is 0 Å². The fourth-order valence-corrected chi connectivity index (χ4v) is 6.69. The summed E-state index contributed by atoms with van der Waals surface area (Å²) in [5.74, 6) is -1.83. The van der Waals surface area contributed by atoms with Gasteiger partial charge in [0, 0.05) is 24.3 Å². The predicted molar refractivity (Wildman–Crippen MR) is 134 cm³/mol. The van der Waals surface area contributed by atoms with Gasteiger partial charge in [-0.05, 0) is 65.4 Å². The molecule has 0 aromatic rings. The molecule has 0 unspecified atom stereocenters. The van der Waals surface area contributed by atoms with Gasteiger partial charge in [-0.2, -0.15) is 0 Å². The van der Waals surface area contributed by atoms with Crippen molar-refractivity contribution in [2.75, 3.05) is 6.61 Å². The van der Waals surface area contributed by atoms with Crippen molar-refractivity contribution in [3.8, 4) is 0 Å². The zero-order valence-electron chi connectivity index (χ0n) is 21.5. The molecule has 7 nitrogen and oxygen atoms in total. The number of hydrogen-bond donors (Lipinski definition) is 2. The Morgan fingerprint density at radius 3 is 2.43 bits per heavy atom. The highest BCUT2D eigenvalue weighted by atomic mass is 16.6. The van der Waals surface area contributed by atoms with Crippen LogP contribution in [0.15, 0.2) is 28.5 Å². The summed E-state index contributed by atoms with van der Waals surface area (Å²) < 4.78 is 0. The van der Waals surface area contributed by atoms with Gasteiger partial charge >= 0.3 is 0 Å². The van der Waals surface area contributed by atoms with Gasteiger partial charge < -0.3 is 15.1 Å². The molecule has 0 bridgehead atoms. The monoisotopic (exact) mass is 486 g/mol. The van der Waals surface area contributed by atoms with Crippen molar-refractivity contribution in [3.63, 3.8) is 0 Å². The maximum atomic E-state index is 13.6. The zero-order valence-corrected chi connectivity index (χ0v) is 21.5. The van der Waals surface area contributed by atoms with Crippen LogP contribution in [0, 0.1) is 23.7 Å². The first-order valence-electron chi connectivity index (χ1n) is 13.5. The van der Waals surface area contributed by atoms with E-state index in [4.69, 9.17) is 4.84 Å². The van der Waals surface area contributed by atoms with Gasteiger partial charge in [0.05, 0.1) is 29.8 Å². The number of carbonyl (C=O) groups excluding carboxylic acids is 2. The lowest BCUT2D eigenvalue weighted by atomic mass is 9.60. The minimum Gasteiger partial charge on any atom is -0.392 e. The predicted octanol–water partition coefficient (Wildman–Crippen LogP) is 4.14. The summed E-state index contributed by atoms with van der Waals surface area (Å²) in [4.78, 5) is 34.0. The molecule has 3 aliphatic carbocycles. The second-order valence-electron chi connectivity index (χ2n) is 11.2. The van der Waals surface area contributed by atoms with Crippen molar-refractivity contribution in [1.29, 1.82) is 0 Å². The van der Waals surface area contributed by atoms with Crippen LogP contribution in [0.3, 0.4) is 0 Å². The van der Waals surface area contributed by atoms with Crippen LogP contribution in [0.25, 0.3) is 0 Å². The average molecular weight is 487 g/mol. The van der Waals surface area contributed by atoms with E-state index in [2.05, 4.69) is 32.0 Å². The van der Waals surface area contributed by atoms with E-state index in [9.17, 15) is 19.8 Å². The Morgan fingerprint density at radius 1 is 1.00 bits per heavy atom. The third-order valence-electron chi connectivity index (χ3n) is 8.53. The fourth-order valence-electron chi connectivity index (χ4n) is 6.69. The van der Waals surface area contributed by atoms with E-state index in [0.29, 0.717) is 25.2 Å². The molecule has 7 heteroatoms. The molecular weight excluding hydrogens is 444 g/mol. The van der Waals surface area contributed by atoms with Gasteiger partial charge in [-0.1, -0.05) is 41.6 Å². The van der Waals surface area contributed by atoms with Gasteiger partial charge in [0.25, 0.3) is 0 Å². The number of imide groups is 1. The van der Waals surface area contributed by atoms with Gasteiger partial charge in [-0.3, -0.25) is 14.5 Å². The van der Waals surface area contributed by atoms with Gasteiger partial charge in [0.15, 0.2) is 0 Å². The molecule has 0 aromatic heterocycles. The Morgan fingerprint density at radius 2 is 1.71 bits per heavy atom. The summed E-state index contributed by atoms with van der Waals surface area (Å²) in [7, 11) is 0. The van der Waals surface area contributed by atoms with Crippen molar-refractivity contribution < 1.29 is 24.6 Å². The molecule has 2 N–H and O–H groups in total. The summed E-state index contributed by atoms with van der Waals surface area (Å²) in [6.07, 6.45) is 10.7. The number of aliphatic hydroxyl groups excluding tert-OH is 2. The number of allylic oxidation sites excluding steroid dienone is 3. The lowest BCUT2D eigenvalue weighted by Crippen LogP contribution is -2.54. The number of hydrogen-bond acceptors (Lipinski definition) is 6. The number of carbonyl (C=O) groups is 2. The minimum absolute atomic E-state index is 0.0123. The molecule has 0 spiro atoms. The van der Waals surface area contributed by atoms with Gasteiger partial charge in [-0.15, -0.1) is 0 Å². The molecule has 0 radical (unpaired) electrons. The number of oxime groups is 1. The first-order chi connectivity index (χ1) is 16.8. The van der Waals surface area contributed by atoms with Crippen molar-refractivity contribution in [3.05, 3.63) is 23.3 Å². The largest absolute Gasteiger partial charge is 0.392 e. The Kier molecular flexibility index (Phi) is 8.48. The quantitative estimate of drug-likeness (QED) is 0.244. The molecule has 4 aliphatic rings. The van der Waals surface area contributed by atoms with Crippen molar-refractivity contribution >= 4 is 17.5 Å². The first kappa shape index (κ1) is 26.1. The van der Waals surface area contributed by atoms with Gasteiger partial charge in [0.2, 0.25) is 11.8 Å². The second kappa shape index (κ2) is 11.4. The summed E-state index contributed by atoms with van der Waals surface area (Å²) in [5.41, 5.74) is 3.25. The Labute approximate surface area is 209 Å². The van der Waals surface area contributed by atoms with Crippen LogP contribution >= 0.6 is 0 Å². The SMILES string of the molecule is CC(C)=CCC/C(C)=C/CO/N=C1/C[C@@H](O)[C@@H](O)[C@@H]2[C@@H]3C(=O)N(C4CCCCC4)C(=O)[C@H]3CC[C@H]12. The number of fused-ring (bicyclic) bond motifs is 3. The Hall–Kier alpha value is -1.99. The van der Waals surface area contributed by atoms with Crippen LogP contribution in [-0.2, 0) is 14.4 Å². The number of aliphatic hydroxyl groups is 2. The van der Waals surface area contributed by atoms with E-state index >= 15 is 0 Å². The normalized spacial score (nSPS) is 35.2. The lowest BCUT2D eigenvalue weighted by Gasteiger charge is -2.45. The molecule has 4 rings (SSSR count). The highest BCUT2D eigenvalue weighted by Crippen LogP contribution is 2.50. The highest BCUT2D eigenvalue weighted by molar-refractivity contribution is 6.06. The minimum atomic E-state index is -1.04. The standard InChI is InChI=1S/C28H42N2O5/c1-17(2)8-7-9-18(3)14-15-35-29-22-16-23(31)26(32)24-20(22)12-13-21-25(24)28(34)30(27(21)33)19-10-5-4-6-11-19/h8,14,19-21,23-26,31-32H,4-7,9-13,15-16H2,1-3H3/b18-14+,29-22-/t20-,21+,23-,24+,25-,26-/m1/s1. The molecule has 35 heavy (non-hydrogen) atoms. The van der Waals surface area contributed by atoms with E-state index in [-0.39, 0.29) is 36.1 Å². The van der Waals surface area contributed by atoms with Gasteiger partial charge in [-0.25, -0.2) is 0 Å². The molecule has 194 valence electrons. The molecule has 0 aromatic carbocycles. The molecule has 1 heterocycles. The molecule has 2 amide bonds. The Balaban J connectivity index is 1.45. The number of nitrogens with zero attached hydrogens (tertiary/aromatic N) is 2. The molecule has 4 fully saturated rings. The van der Waals surface area contributed by atoms with E-state index in [0.717, 1.165) is 44.9 Å².